The average molecular weight is 357 g/mol. The van der Waals surface area contributed by atoms with E-state index in [-0.39, 0.29) is 32.7 Å². The van der Waals surface area contributed by atoms with Crippen molar-refractivity contribution < 1.29 is 19.0 Å². The number of amides is 1. The minimum atomic E-state index is -0.550. The summed E-state index contributed by atoms with van der Waals surface area (Å²) in [5, 5.41) is 13.9. The number of hydrogen-bond donors (Lipinski definition) is 2. The number of phenols is 1. The zero-order chi connectivity index (χ0) is 17.0. The lowest BCUT2D eigenvalue weighted by atomic mass is 10.2. The van der Waals surface area contributed by atoms with Crippen LogP contribution in [0.4, 0.5) is 4.39 Å². The van der Waals surface area contributed by atoms with E-state index in [9.17, 15) is 14.3 Å². The Morgan fingerprint density at radius 3 is 2.61 bits per heavy atom. The van der Waals surface area contributed by atoms with Crippen molar-refractivity contribution in [2.45, 2.75) is 0 Å². The van der Waals surface area contributed by atoms with E-state index in [0.29, 0.717) is 0 Å². The summed E-state index contributed by atoms with van der Waals surface area (Å²) in [5.41, 5.74) is 2.55. The van der Waals surface area contributed by atoms with Crippen LogP contribution in [0.2, 0.25) is 10.0 Å². The summed E-state index contributed by atoms with van der Waals surface area (Å²) in [6.45, 7) is 0. The van der Waals surface area contributed by atoms with Gasteiger partial charge in [0.2, 0.25) is 0 Å². The third-order valence-corrected chi connectivity index (χ3v) is 3.68. The molecule has 2 aromatic carbocycles. The van der Waals surface area contributed by atoms with Crippen LogP contribution >= 0.6 is 23.2 Å². The van der Waals surface area contributed by atoms with Crippen LogP contribution in [-0.2, 0) is 0 Å². The predicted molar refractivity (Wildman–Crippen MR) is 86.1 cm³/mol. The second-order valence-corrected chi connectivity index (χ2v) is 5.13. The zero-order valence-electron chi connectivity index (χ0n) is 11.8. The molecule has 2 aromatic rings. The molecule has 0 aliphatic carbocycles. The first-order valence-corrected chi connectivity index (χ1v) is 7.03. The minimum Gasteiger partial charge on any atom is -0.504 e. The molecule has 2 rings (SSSR count). The zero-order valence-corrected chi connectivity index (χ0v) is 13.3. The van der Waals surface area contributed by atoms with Crippen molar-refractivity contribution in [1.82, 2.24) is 5.43 Å². The lowest BCUT2D eigenvalue weighted by molar-refractivity contribution is 0.0955. The van der Waals surface area contributed by atoms with E-state index in [1.165, 1.54) is 25.3 Å². The third kappa shape index (κ3) is 3.91. The fourth-order valence-electron chi connectivity index (χ4n) is 1.71. The van der Waals surface area contributed by atoms with Crippen molar-refractivity contribution in [1.29, 1.82) is 0 Å². The summed E-state index contributed by atoms with van der Waals surface area (Å²) >= 11 is 11.9. The molecule has 0 fully saturated rings. The highest BCUT2D eigenvalue weighted by Gasteiger charge is 2.15. The van der Waals surface area contributed by atoms with Crippen LogP contribution in [0.5, 0.6) is 11.5 Å². The van der Waals surface area contributed by atoms with Crippen LogP contribution in [-0.4, -0.2) is 24.3 Å². The summed E-state index contributed by atoms with van der Waals surface area (Å²) < 4.78 is 17.7. The SMILES string of the molecule is COc1cc(Cl)c(Cl)c(C=NNC(=O)c2ccc(F)cc2)c1O. The Bertz CT molecular complexity index is 764. The highest BCUT2D eigenvalue weighted by Crippen LogP contribution is 2.38. The number of halogens is 3. The van der Waals surface area contributed by atoms with E-state index in [1.807, 2.05) is 0 Å². The van der Waals surface area contributed by atoms with Gasteiger partial charge in [-0.05, 0) is 24.3 Å². The Balaban J connectivity index is 2.19. The number of hydrazone groups is 1. The molecule has 0 radical (unpaired) electrons. The maximum absolute atomic E-state index is 12.8. The largest absolute Gasteiger partial charge is 0.504 e. The van der Waals surface area contributed by atoms with Crippen molar-refractivity contribution in [3.05, 3.63) is 57.3 Å². The molecule has 0 unspecified atom stereocenters. The molecule has 8 heteroatoms. The van der Waals surface area contributed by atoms with Crippen molar-refractivity contribution >= 4 is 35.3 Å². The summed E-state index contributed by atoms with van der Waals surface area (Å²) in [5.74, 6) is -1.15. The van der Waals surface area contributed by atoms with Gasteiger partial charge in [0.05, 0.1) is 28.9 Å². The Kier molecular flexibility index (Phi) is 5.41. The van der Waals surface area contributed by atoms with Gasteiger partial charge in [0.25, 0.3) is 5.91 Å². The number of methoxy groups -OCH3 is 1. The summed E-state index contributed by atoms with van der Waals surface area (Å²) in [6, 6.07) is 6.29. The first-order valence-electron chi connectivity index (χ1n) is 6.28. The van der Waals surface area contributed by atoms with Gasteiger partial charge in [0, 0.05) is 11.6 Å². The lowest BCUT2D eigenvalue weighted by Crippen LogP contribution is -2.17. The molecule has 23 heavy (non-hydrogen) atoms. The molecular formula is C15H11Cl2FN2O3. The monoisotopic (exact) mass is 356 g/mol. The molecule has 0 aromatic heterocycles. The van der Waals surface area contributed by atoms with Crippen molar-refractivity contribution in [3.8, 4) is 11.5 Å². The Morgan fingerprint density at radius 1 is 1.35 bits per heavy atom. The molecule has 0 aliphatic rings. The van der Waals surface area contributed by atoms with E-state index < -0.39 is 11.7 Å². The van der Waals surface area contributed by atoms with Crippen molar-refractivity contribution in [2.24, 2.45) is 5.10 Å². The fraction of sp³-hybridized carbons (Fsp3) is 0.0667. The first kappa shape index (κ1) is 17.1. The number of rotatable bonds is 4. The second-order valence-electron chi connectivity index (χ2n) is 4.34. The van der Waals surface area contributed by atoms with E-state index in [4.69, 9.17) is 27.9 Å². The van der Waals surface area contributed by atoms with Crippen LogP contribution in [0, 0.1) is 5.82 Å². The molecule has 1 amide bonds. The predicted octanol–water partition coefficient (Wildman–Crippen LogP) is 3.61. The molecule has 0 heterocycles. The highest BCUT2D eigenvalue weighted by molar-refractivity contribution is 6.43. The molecule has 5 nitrogen and oxygen atoms in total. The van der Waals surface area contributed by atoms with Gasteiger partial charge < -0.3 is 9.84 Å². The van der Waals surface area contributed by atoms with Gasteiger partial charge in [0.15, 0.2) is 11.5 Å². The quantitative estimate of drug-likeness (QED) is 0.649. The molecule has 0 saturated heterocycles. The molecule has 0 atom stereocenters. The Labute approximate surface area is 141 Å². The summed E-state index contributed by atoms with van der Waals surface area (Å²) in [4.78, 5) is 11.8. The standard InChI is InChI=1S/C15H11Cl2FN2O3/c1-23-12-6-11(16)13(17)10(14(12)21)7-19-20-15(22)8-2-4-9(18)5-3-8/h2-7,21H,1H3,(H,20,22). The number of hydrogen-bond acceptors (Lipinski definition) is 4. The van der Waals surface area contributed by atoms with Gasteiger partial charge in [-0.1, -0.05) is 23.2 Å². The molecular weight excluding hydrogens is 346 g/mol. The van der Waals surface area contributed by atoms with E-state index >= 15 is 0 Å². The van der Waals surface area contributed by atoms with E-state index in [1.54, 1.807) is 0 Å². The maximum atomic E-state index is 12.8. The Hall–Kier alpha value is -2.31. The second kappa shape index (κ2) is 7.30. The van der Waals surface area contributed by atoms with Gasteiger partial charge in [-0.15, -0.1) is 0 Å². The molecule has 120 valence electrons. The van der Waals surface area contributed by atoms with Gasteiger partial charge >= 0.3 is 0 Å². The number of carbonyl (C=O) groups is 1. The smallest absolute Gasteiger partial charge is 0.271 e. The number of ether oxygens (including phenoxy) is 1. The molecule has 2 N–H and O–H groups in total. The van der Waals surface area contributed by atoms with E-state index in [2.05, 4.69) is 10.5 Å². The average Bonchev–Trinajstić information content (AvgIpc) is 2.54. The summed E-state index contributed by atoms with van der Waals surface area (Å²) in [7, 11) is 1.36. The normalized spacial score (nSPS) is 10.8. The van der Waals surface area contributed by atoms with Crippen molar-refractivity contribution in [2.75, 3.05) is 7.11 Å². The fourth-order valence-corrected chi connectivity index (χ4v) is 2.10. The van der Waals surface area contributed by atoms with Crippen molar-refractivity contribution in [3.63, 3.8) is 0 Å². The minimum absolute atomic E-state index is 0.0600. The van der Waals surface area contributed by atoms with Crippen LogP contribution in [0.25, 0.3) is 0 Å². The number of benzene rings is 2. The van der Waals surface area contributed by atoms with E-state index in [0.717, 1.165) is 18.3 Å². The lowest BCUT2D eigenvalue weighted by Gasteiger charge is -2.09. The highest BCUT2D eigenvalue weighted by atomic mass is 35.5. The molecule has 0 aliphatic heterocycles. The van der Waals surface area contributed by atoms with Gasteiger partial charge in [-0.3, -0.25) is 4.79 Å². The Morgan fingerprint density at radius 2 is 2.00 bits per heavy atom. The van der Waals surface area contributed by atoms with Gasteiger partial charge in [0.1, 0.15) is 5.82 Å². The number of aromatic hydroxyl groups is 1. The number of nitrogens with zero attached hydrogens (tertiary/aromatic N) is 1. The van der Waals surface area contributed by atoms with Gasteiger partial charge in [-0.2, -0.15) is 5.10 Å². The van der Waals surface area contributed by atoms with Gasteiger partial charge in [-0.25, -0.2) is 9.82 Å². The summed E-state index contributed by atoms with van der Waals surface area (Å²) in [6.07, 6.45) is 1.13. The number of carbonyl (C=O) groups excluding carboxylic acids is 1. The van der Waals surface area contributed by atoms with Crippen LogP contribution < -0.4 is 10.2 Å². The topological polar surface area (TPSA) is 70.9 Å². The molecule has 0 spiro atoms. The number of phenolic OH excluding ortho intramolecular Hbond substituents is 1. The molecule has 0 saturated carbocycles. The third-order valence-electron chi connectivity index (χ3n) is 2.88. The van der Waals surface area contributed by atoms with Crippen LogP contribution in [0.1, 0.15) is 15.9 Å². The maximum Gasteiger partial charge on any atom is 0.271 e. The van der Waals surface area contributed by atoms with Crippen LogP contribution in [0.3, 0.4) is 0 Å². The van der Waals surface area contributed by atoms with Crippen LogP contribution in [0.15, 0.2) is 35.4 Å². The first-order chi connectivity index (χ1) is 10.9. The molecule has 0 bridgehead atoms. The number of nitrogens with one attached hydrogen (secondary N) is 1.